The van der Waals surface area contributed by atoms with Gasteiger partial charge in [-0.05, 0) is 25.0 Å². The van der Waals surface area contributed by atoms with Crippen LogP contribution in [0.5, 0.6) is 0 Å². The summed E-state index contributed by atoms with van der Waals surface area (Å²) in [5.74, 6) is 0. The van der Waals surface area contributed by atoms with Crippen molar-refractivity contribution in [3.63, 3.8) is 0 Å². The van der Waals surface area contributed by atoms with Gasteiger partial charge in [-0.1, -0.05) is 6.07 Å². The molecular weight excluding hydrogens is 200 g/mol. The van der Waals surface area contributed by atoms with Crippen LogP contribution in [0.3, 0.4) is 0 Å². The Morgan fingerprint density at radius 3 is 2.94 bits per heavy atom. The van der Waals surface area contributed by atoms with Gasteiger partial charge >= 0.3 is 0 Å². The number of rotatable bonds is 4. The van der Waals surface area contributed by atoms with Crippen molar-refractivity contribution in [1.82, 2.24) is 14.8 Å². The molecule has 4 heteroatoms. The van der Waals surface area contributed by atoms with Crippen molar-refractivity contribution in [1.29, 1.82) is 0 Å². The maximum Gasteiger partial charge on any atom is 0.0537 e. The van der Waals surface area contributed by atoms with Crippen LogP contribution < -0.4 is 5.73 Å². The van der Waals surface area contributed by atoms with Crippen molar-refractivity contribution in [2.24, 2.45) is 12.8 Å². The van der Waals surface area contributed by atoms with E-state index >= 15 is 0 Å². The van der Waals surface area contributed by atoms with Crippen molar-refractivity contribution >= 4 is 0 Å². The highest BCUT2D eigenvalue weighted by atomic mass is 15.2. The van der Waals surface area contributed by atoms with Gasteiger partial charge in [0.1, 0.15) is 0 Å². The van der Waals surface area contributed by atoms with Crippen LogP contribution in [0.2, 0.25) is 0 Å². The summed E-state index contributed by atoms with van der Waals surface area (Å²) >= 11 is 0. The Bertz CT molecular complexity index is 435. The predicted octanol–water partition coefficient (Wildman–Crippen LogP) is 1.45. The molecule has 1 atom stereocenters. The smallest absolute Gasteiger partial charge is 0.0537 e. The molecule has 2 N–H and O–H groups in total. The molecule has 0 saturated carbocycles. The van der Waals surface area contributed by atoms with E-state index in [1.54, 1.807) is 4.68 Å². The lowest BCUT2D eigenvalue weighted by molar-refractivity contribution is 0.643. The van der Waals surface area contributed by atoms with Gasteiger partial charge in [0, 0.05) is 36.7 Å². The molecule has 4 nitrogen and oxygen atoms in total. The van der Waals surface area contributed by atoms with Crippen molar-refractivity contribution in [2.45, 2.75) is 18.9 Å². The standard InChI is InChI=1S/C12H16N4/c1-16-9-10(8-15-16)12(13)6-5-11-4-2-3-7-14-11/h2-4,7-9,12H,5-6,13H2,1H3. The fraction of sp³-hybridized carbons (Fsp3) is 0.333. The van der Waals surface area contributed by atoms with Crippen molar-refractivity contribution in [3.8, 4) is 0 Å². The Morgan fingerprint density at radius 1 is 1.44 bits per heavy atom. The maximum atomic E-state index is 6.08. The SMILES string of the molecule is Cn1cc(C(N)CCc2ccccn2)cn1. The molecule has 2 aromatic heterocycles. The van der Waals surface area contributed by atoms with E-state index in [4.69, 9.17) is 5.73 Å². The van der Waals surface area contributed by atoms with Gasteiger partial charge in [-0.15, -0.1) is 0 Å². The van der Waals surface area contributed by atoms with E-state index in [0.717, 1.165) is 24.1 Å². The summed E-state index contributed by atoms with van der Waals surface area (Å²) in [4.78, 5) is 4.27. The molecule has 0 saturated heterocycles. The molecule has 0 spiro atoms. The van der Waals surface area contributed by atoms with E-state index < -0.39 is 0 Å². The molecule has 0 fully saturated rings. The van der Waals surface area contributed by atoms with E-state index in [9.17, 15) is 0 Å². The van der Waals surface area contributed by atoms with Gasteiger partial charge in [-0.3, -0.25) is 9.67 Å². The van der Waals surface area contributed by atoms with Gasteiger partial charge in [0.25, 0.3) is 0 Å². The lowest BCUT2D eigenvalue weighted by Gasteiger charge is -2.08. The van der Waals surface area contributed by atoms with Gasteiger partial charge < -0.3 is 5.73 Å². The number of aryl methyl sites for hydroxylation is 2. The van der Waals surface area contributed by atoms with Crippen LogP contribution in [0.4, 0.5) is 0 Å². The first-order valence-corrected chi connectivity index (χ1v) is 5.40. The molecule has 0 radical (unpaired) electrons. The minimum atomic E-state index is 0.0377. The van der Waals surface area contributed by atoms with E-state index in [1.165, 1.54) is 0 Å². The summed E-state index contributed by atoms with van der Waals surface area (Å²) in [6, 6.07) is 5.98. The fourth-order valence-corrected chi connectivity index (χ4v) is 1.65. The summed E-state index contributed by atoms with van der Waals surface area (Å²) in [6.45, 7) is 0. The number of nitrogens with zero attached hydrogens (tertiary/aromatic N) is 3. The average Bonchev–Trinajstić information content (AvgIpc) is 2.74. The first-order chi connectivity index (χ1) is 7.75. The second-order valence-corrected chi connectivity index (χ2v) is 3.91. The summed E-state index contributed by atoms with van der Waals surface area (Å²) in [5.41, 5.74) is 8.24. The first kappa shape index (κ1) is 10.8. The van der Waals surface area contributed by atoms with E-state index in [0.29, 0.717) is 0 Å². The van der Waals surface area contributed by atoms with Crippen LogP contribution in [0.1, 0.15) is 23.7 Å². The molecule has 84 valence electrons. The van der Waals surface area contributed by atoms with E-state index in [-0.39, 0.29) is 6.04 Å². The molecule has 0 aliphatic carbocycles. The van der Waals surface area contributed by atoms with Crippen LogP contribution >= 0.6 is 0 Å². The van der Waals surface area contributed by atoms with Crippen molar-refractivity contribution in [2.75, 3.05) is 0 Å². The van der Waals surface area contributed by atoms with Gasteiger partial charge in [-0.2, -0.15) is 5.10 Å². The summed E-state index contributed by atoms with van der Waals surface area (Å²) in [5, 5.41) is 4.11. The monoisotopic (exact) mass is 216 g/mol. The van der Waals surface area contributed by atoms with Crippen LogP contribution in [-0.2, 0) is 13.5 Å². The third kappa shape index (κ3) is 2.67. The van der Waals surface area contributed by atoms with Gasteiger partial charge in [-0.25, -0.2) is 0 Å². The quantitative estimate of drug-likeness (QED) is 0.841. The molecule has 0 aliphatic rings. The Kier molecular flexibility index (Phi) is 3.31. The van der Waals surface area contributed by atoms with E-state index in [1.807, 2.05) is 43.8 Å². The highest BCUT2D eigenvalue weighted by Crippen LogP contribution is 2.14. The zero-order valence-corrected chi connectivity index (χ0v) is 9.37. The summed E-state index contributed by atoms with van der Waals surface area (Å²) in [6.07, 6.45) is 7.39. The Morgan fingerprint density at radius 2 is 2.31 bits per heavy atom. The minimum Gasteiger partial charge on any atom is -0.324 e. The zero-order chi connectivity index (χ0) is 11.4. The fourth-order valence-electron chi connectivity index (χ4n) is 1.65. The Hall–Kier alpha value is -1.68. The second kappa shape index (κ2) is 4.90. The molecule has 1 unspecified atom stereocenters. The number of nitrogens with two attached hydrogens (primary N) is 1. The van der Waals surface area contributed by atoms with Gasteiger partial charge in [0.15, 0.2) is 0 Å². The minimum absolute atomic E-state index is 0.0377. The van der Waals surface area contributed by atoms with Crippen molar-refractivity contribution < 1.29 is 0 Å². The van der Waals surface area contributed by atoms with Crippen molar-refractivity contribution in [3.05, 3.63) is 48.0 Å². The average molecular weight is 216 g/mol. The zero-order valence-electron chi connectivity index (χ0n) is 9.37. The molecule has 2 rings (SSSR count). The highest BCUT2D eigenvalue weighted by Gasteiger charge is 2.08. The molecule has 0 bridgehead atoms. The lowest BCUT2D eigenvalue weighted by atomic mass is 10.1. The lowest BCUT2D eigenvalue weighted by Crippen LogP contribution is -2.10. The van der Waals surface area contributed by atoms with Crippen LogP contribution in [0.25, 0.3) is 0 Å². The van der Waals surface area contributed by atoms with Gasteiger partial charge in [0.05, 0.1) is 6.20 Å². The molecular formula is C12H16N4. The maximum absolute atomic E-state index is 6.08. The molecule has 2 aromatic rings. The van der Waals surface area contributed by atoms with Crippen LogP contribution in [-0.4, -0.2) is 14.8 Å². The topological polar surface area (TPSA) is 56.7 Å². The third-order valence-electron chi connectivity index (χ3n) is 2.59. The Labute approximate surface area is 95.1 Å². The van der Waals surface area contributed by atoms with Crippen LogP contribution in [0, 0.1) is 0 Å². The number of hydrogen-bond donors (Lipinski definition) is 1. The third-order valence-corrected chi connectivity index (χ3v) is 2.59. The number of aromatic nitrogens is 3. The molecule has 0 amide bonds. The second-order valence-electron chi connectivity index (χ2n) is 3.91. The largest absolute Gasteiger partial charge is 0.324 e. The van der Waals surface area contributed by atoms with E-state index in [2.05, 4.69) is 10.1 Å². The number of hydrogen-bond acceptors (Lipinski definition) is 3. The highest BCUT2D eigenvalue weighted by molar-refractivity contribution is 5.11. The molecule has 0 aromatic carbocycles. The normalized spacial score (nSPS) is 12.6. The summed E-state index contributed by atoms with van der Waals surface area (Å²) < 4.78 is 1.77. The number of pyridine rings is 1. The molecule has 16 heavy (non-hydrogen) atoms. The molecule has 2 heterocycles. The first-order valence-electron chi connectivity index (χ1n) is 5.40. The summed E-state index contributed by atoms with van der Waals surface area (Å²) in [7, 11) is 1.90. The van der Waals surface area contributed by atoms with Gasteiger partial charge in [0.2, 0.25) is 0 Å². The van der Waals surface area contributed by atoms with Crippen LogP contribution in [0.15, 0.2) is 36.8 Å². The predicted molar refractivity (Wildman–Crippen MR) is 62.7 cm³/mol. The molecule has 0 aliphatic heterocycles. The Balaban J connectivity index is 1.91.